The predicted octanol–water partition coefficient (Wildman–Crippen LogP) is 4.83. The van der Waals surface area contributed by atoms with Crippen molar-refractivity contribution in [3.05, 3.63) is 34.9 Å². The molecule has 28 heavy (non-hydrogen) atoms. The molecule has 0 aliphatic heterocycles. The Hall–Kier alpha value is -1.70. The zero-order valence-corrected chi connectivity index (χ0v) is 19.2. The normalized spacial score (nSPS) is 14.6. The van der Waals surface area contributed by atoms with Gasteiger partial charge in [0.15, 0.2) is 0 Å². The lowest BCUT2D eigenvalue weighted by molar-refractivity contribution is -0.151. The molecule has 1 aromatic carbocycles. The Morgan fingerprint density at radius 3 is 2.39 bits per heavy atom. The van der Waals surface area contributed by atoms with Crippen molar-refractivity contribution in [2.75, 3.05) is 5.32 Å². The van der Waals surface area contributed by atoms with Gasteiger partial charge in [0.25, 0.3) is 5.91 Å². The smallest absolute Gasteiger partial charge is 0.268 e. The summed E-state index contributed by atoms with van der Waals surface area (Å²) in [6.07, 6.45) is 1.29. The maximum atomic E-state index is 12.9. The number of benzene rings is 1. The third-order valence-corrected chi connectivity index (χ3v) is 4.26. The van der Waals surface area contributed by atoms with Gasteiger partial charge in [-0.25, -0.2) is 10.5 Å². The number of amides is 1. The number of anilines is 1. The maximum Gasteiger partial charge on any atom is 0.268 e. The molecule has 2 rings (SSSR count). The number of rotatable bonds is 6. The van der Waals surface area contributed by atoms with Crippen molar-refractivity contribution in [3.8, 4) is 0 Å². The number of carbonyl (C=O) groups is 1. The van der Waals surface area contributed by atoms with E-state index in [1.165, 1.54) is 0 Å². The minimum absolute atomic E-state index is 0.317. The molecule has 0 radical (unpaired) electrons. The highest BCUT2D eigenvalue weighted by atomic mass is 79.9. The molecule has 0 bridgehead atoms. The molecule has 1 aromatic heterocycles. The molecule has 1 amide bonds. The predicted molar refractivity (Wildman–Crippen MR) is 116 cm³/mol. The molecule has 0 aliphatic rings. The monoisotopic (exact) mass is 451 g/mol. The van der Waals surface area contributed by atoms with Gasteiger partial charge in [0.05, 0.1) is 17.3 Å². The summed E-state index contributed by atoms with van der Waals surface area (Å²) >= 11 is 3.48. The fourth-order valence-electron chi connectivity index (χ4n) is 2.70. The quantitative estimate of drug-likeness (QED) is 0.615. The Morgan fingerprint density at radius 2 is 1.79 bits per heavy atom. The van der Waals surface area contributed by atoms with Crippen LogP contribution in [0.5, 0.6) is 0 Å². The van der Waals surface area contributed by atoms with Crippen LogP contribution in [0.4, 0.5) is 5.82 Å². The highest BCUT2D eigenvalue weighted by molar-refractivity contribution is 9.10. The van der Waals surface area contributed by atoms with Gasteiger partial charge in [-0.05, 0) is 78.1 Å². The number of nitrogens with zero attached hydrogens (tertiary/aromatic N) is 1. The lowest BCUT2D eigenvalue weighted by Crippen LogP contribution is -2.50. The number of carbonyl (C=O) groups excluding carboxylic acids is 1. The standard InChI is InChI=1S/C21H30BrN3O3/c1-13(27-20(2,3)4)17(19(26)25-28-21(5,6)7)24-18-16-9-8-15(22)12-14(16)10-11-23-18/h8-13,17H,1-7H3,(H,23,24)(H,25,26)/t13-,17+/m1/s1. The van der Waals surface area contributed by atoms with Crippen LogP contribution in [0.3, 0.4) is 0 Å². The van der Waals surface area contributed by atoms with E-state index in [1.54, 1.807) is 6.20 Å². The molecular formula is C21H30BrN3O3. The van der Waals surface area contributed by atoms with Gasteiger partial charge in [0, 0.05) is 16.1 Å². The van der Waals surface area contributed by atoms with Crippen LogP contribution < -0.4 is 10.8 Å². The molecule has 2 atom stereocenters. The van der Waals surface area contributed by atoms with Crippen LogP contribution in [-0.4, -0.2) is 34.2 Å². The Labute approximate surface area is 175 Å². The number of pyridine rings is 1. The van der Waals surface area contributed by atoms with E-state index in [0.717, 1.165) is 15.2 Å². The number of halogens is 1. The second kappa shape index (κ2) is 8.76. The number of nitrogens with one attached hydrogen (secondary N) is 2. The Morgan fingerprint density at radius 1 is 1.11 bits per heavy atom. The number of ether oxygens (including phenoxy) is 1. The topological polar surface area (TPSA) is 72.5 Å². The zero-order chi connectivity index (χ0) is 21.1. The van der Waals surface area contributed by atoms with Gasteiger partial charge in [-0.15, -0.1) is 0 Å². The van der Waals surface area contributed by atoms with Gasteiger partial charge in [-0.2, -0.15) is 0 Å². The highest BCUT2D eigenvalue weighted by Gasteiger charge is 2.31. The minimum atomic E-state index is -0.691. The molecule has 0 saturated carbocycles. The van der Waals surface area contributed by atoms with E-state index in [0.29, 0.717) is 5.82 Å². The molecule has 154 valence electrons. The van der Waals surface area contributed by atoms with Crippen LogP contribution in [0.2, 0.25) is 0 Å². The lowest BCUT2D eigenvalue weighted by Gasteiger charge is -2.31. The number of hydrogen-bond acceptors (Lipinski definition) is 5. The molecule has 0 aliphatic carbocycles. The van der Waals surface area contributed by atoms with Gasteiger partial charge in [-0.1, -0.05) is 15.9 Å². The summed E-state index contributed by atoms with van der Waals surface area (Å²) in [5.41, 5.74) is 1.65. The van der Waals surface area contributed by atoms with Crippen molar-refractivity contribution >= 4 is 38.4 Å². The molecule has 0 unspecified atom stereocenters. The van der Waals surface area contributed by atoms with E-state index < -0.39 is 23.3 Å². The minimum Gasteiger partial charge on any atom is -0.370 e. The van der Waals surface area contributed by atoms with Crippen molar-refractivity contribution in [2.45, 2.75) is 71.8 Å². The molecule has 6 nitrogen and oxygen atoms in total. The molecule has 0 fully saturated rings. The first-order chi connectivity index (χ1) is 12.9. The Kier molecular flexibility index (Phi) is 7.07. The molecule has 0 spiro atoms. The first-order valence-electron chi connectivity index (χ1n) is 9.32. The number of hydrogen-bond donors (Lipinski definition) is 2. The molecule has 1 heterocycles. The zero-order valence-electron chi connectivity index (χ0n) is 17.6. The van der Waals surface area contributed by atoms with Crippen molar-refractivity contribution in [1.82, 2.24) is 10.5 Å². The molecule has 2 aromatic rings. The van der Waals surface area contributed by atoms with E-state index in [2.05, 4.69) is 31.7 Å². The highest BCUT2D eigenvalue weighted by Crippen LogP contribution is 2.26. The second-order valence-corrected chi connectivity index (χ2v) is 9.68. The van der Waals surface area contributed by atoms with Crippen molar-refractivity contribution in [2.24, 2.45) is 0 Å². The molecule has 0 saturated heterocycles. The van der Waals surface area contributed by atoms with Crippen LogP contribution in [-0.2, 0) is 14.4 Å². The van der Waals surface area contributed by atoms with Gasteiger partial charge in [-0.3, -0.25) is 9.63 Å². The summed E-state index contributed by atoms with van der Waals surface area (Å²) in [7, 11) is 0. The summed E-state index contributed by atoms with van der Waals surface area (Å²) in [5, 5.41) is 5.19. The average Bonchev–Trinajstić information content (AvgIpc) is 2.55. The van der Waals surface area contributed by atoms with Gasteiger partial charge < -0.3 is 10.1 Å². The number of fused-ring (bicyclic) bond motifs is 1. The van der Waals surface area contributed by atoms with E-state index in [1.807, 2.05) is 72.7 Å². The Bertz CT molecular complexity index is 828. The summed E-state index contributed by atoms with van der Waals surface area (Å²) in [6, 6.07) is 7.16. The first kappa shape index (κ1) is 22.6. The number of aromatic nitrogens is 1. The molecule has 2 N–H and O–H groups in total. The van der Waals surface area contributed by atoms with Gasteiger partial charge in [0.2, 0.25) is 0 Å². The third kappa shape index (κ3) is 6.72. The summed E-state index contributed by atoms with van der Waals surface area (Å²) in [4.78, 5) is 22.8. The third-order valence-electron chi connectivity index (χ3n) is 3.77. The van der Waals surface area contributed by atoms with Crippen LogP contribution in [0, 0.1) is 0 Å². The summed E-state index contributed by atoms with van der Waals surface area (Å²) < 4.78 is 7.02. The van der Waals surface area contributed by atoms with Gasteiger partial charge >= 0.3 is 0 Å². The lowest BCUT2D eigenvalue weighted by atomic mass is 10.1. The van der Waals surface area contributed by atoms with Gasteiger partial charge in [0.1, 0.15) is 11.9 Å². The fraction of sp³-hybridized carbons (Fsp3) is 0.524. The van der Waals surface area contributed by atoms with Crippen molar-refractivity contribution in [1.29, 1.82) is 0 Å². The van der Waals surface area contributed by atoms with E-state index in [-0.39, 0.29) is 5.91 Å². The maximum absolute atomic E-state index is 12.9. The largest absolute Gasteiger partial charge is 0.370 e. The second-order valence-electron chi connectivity index (χ2n) is 8.76. The summed E-state index contributed by atoms with van der Waals surface area (Å²) in [5.74, 6) is 0.299. The van der Waals surface area contributed by atoms with Crippen LogP contribution in [0.25, 0.3) is 10.8 Å². The van der Waals surface area contributed by atoms with Crippen molar-refractivity contribution < 1.29 is 14.4 Å². The molecular weight excluding hydrogens is 422 g/mol. The Balaban J connectivity index is 2.32. The van der Waals surface area contributed by atoms with Crippen LogP contribution >= 0.6 is 15.9 Å². The fourth-order valence-corrected chi connectivity index (χ4v) is 3.08. The number of hydroxylamine groups is 1. The first-order valence-corrected chi connectivity index (χ1v) is 10.1. The van der Waals surface area contributed by atoms with Crippen LogP contribution in [0.1, 0.15) is 48.5 Å². The average molecular weight is 452 g/mol. The summed E-state index contributed by atoms with van der Waals surface area (Å²) in [6.45, 7) is 13.3. The SMILES string of the molecule is C[C@@H](OC(C)(C)C)[C@H](Nc1nccc2cc(Br)ccc12)C(=O)NOC(C)(C)C. The van der Waals surface area contributed by atoms with Crippen molar-refractivity contribution in [3.63, 3.8) is 0 Å². The van der Waals surface area contributed by atoms with E-state index in [4.69, 9.17) is 9.57 Å². The van der Waals surface area contributed by atoms with Crippen LogP contribution in [0.15, 0.2) is 34.9 Å². The van der Waals surface area contributed by atoms with E-state index in [9.17, 15) is 4.79 Å². The molecule has 7 heteroatoms. The van der Waals surface area contributed by atoms with E-state index >= 15 is 0 Å².